The Bertz CT molecular complexity index is 1120. The lowest BCUT2D eigenvalue weighted by Gasteiger charge is -2.46. The number of nitrogens with one attached hydrogen (secondary N) is 2. The lowest BCUT2D eigenvalue weighted by Crippen LogP contribution is -2.49. The molecule has 1 fully saturated rings. The van der Waals surface area contributed by atoms with Crippen molar-refractivity contribution in [1.29, 1.82) is 0 Å². The first kappa shape index (κ1) is 20.7. The first-order valence-corrected chi connectivity index (χ1v) is 10.9. The Kier molecular flexibility index (Phi) is 5.19. The molecule has 2 aromatic heterocycles. The molecule has 4 N–H and O–H groups in total. The van der Waals surface area contributed by atoms with Gasteiger partial charge in [-0.15, -0.1) is 0 Å². The minimum Gasteiger partial charge on any atom is -0.464 e. The van der Waals surface area contributed by atoms with Crippen LogP contribution in [-0.4, -0.2) is 40.2 Å². The molecule has 1 aromatic carbocycles. The fourth-order valence-corrected chi connectivity index (χ4v) is 4.52. The number of benzene rings is 1. The Morgan fingerprint density at radius 2 is 1.88 bits per heavy atom. The van der Waals surface area contributed by atoms with Crippen molar-refractivity contribution in [2.45, 2.75) is 37.9 Å². The van der Waals surface area contributed by atoms with Crippen LogP contribution in [0.15, 0.2) is 48.8 Å². The number of nitrogens with two attached hydrogens (primary N) is 1. The van der Waals surface area contributed by atoms with E-state index in [0.29, 0.717) is 37.8 Å². The molecule has 0 aliphatic carbocycles. The highest BCUT2D eigenvalue weighted by Gasteiger charge is 2.49. The van der Waals surface area contributed by atoms with Gasteiger partial charge in [0.2, 0.25) is 11.8 Å². The molecule has 1 spiro atoms. The molecule has 8 nitrogen and oxygen atoms in total. The molecule has 0 amide bonds. The number of rotatable bonds is 5. The van der Waals surface area contributed by atoms with Gasteiger partial charge in [0.05, 0.1) is 17.9 Å². The first-order chi connectivity index (χ1) is 15.5. The largest absolute Gasteiger partial charge is 0.464 e. The van der Waals surface area contributed by atoms with E-state index < -0.39 is 5.60 Å². The SMILES string of the molecule is CC1(C)CC2(CCO1)Oc1ncccc1-c1cnc(Nc3ccc(NCCN)cc3)nc12. The van der Waals surface area contributed by atoms with Crippen molar-refractivity contribution in [1.82, 2.24) is 15.0 Å². The lowest BCUT2D eigenvalue weighted by atomic mass is 9.78. The summed E-state index contributed by atoms with van der Waals surface area (Å²) < 4.78 is 12.5. The second-order valence-electron chi connectivity index (χ2n) is 8.86. The van der Waals surface area contributed by atoms with Crippen molar-refractivity contribution >= 4 is 17.3 Å². The molecule has 8 heteroatoms. The highest BCUT2D eigenvalue weighted by atomic mass is 16.5. The van der Waals surface area contributed by atoms with E-state index in [9.17, 15) is 0 Å². The molecule has 1 saturated heterocycles. The quantitative estimate of drug-likeness (QED) is 0.558. The molecule has 5 rings (SSSR count). The number of aromatic nitrogens is 3. The zero-order valence-electron chi connectivity index (χ0n) is 18.4. The van der Waals surface area contributed by atoms with E-state index >= 15 is 0 Å². The van der Waals surface area contributed by atoms with Gasteiger partial charge in [-0.25, -0.2) is 15.0 Å². The summed E-state index contributed by atoms with van der Waals surface area (Å²) in [6, 6.07) is 11.9. The Hall–Kier alpha value is -3.23. The van der Waals surface area contributed by atoms with Gasteiger partial charge < -0.3 is 25.8 Å². The summed E-state index contributed by atoms with van der Waals surface area (Å²) in [4.78, 5) is 14.0. The number of fused-ring (bicyclic) bond motifs is 4. The smallest absolute Gasteiger partial charge is 0.227 e. The third kappa shape index (κ3) is 3.87. The van der Waals surface area contributed by atoms with Gasteiger partial charge in [-0.1, -0.05) is 0 Å². The second kappa shape index (κ2) is 8.03. The molecule has 0 bridgehead atoms. The second-order valence-corrected chi connectivity index (χ2v) is 8.86. The Morgan fingerprint density at radius 1 is 1.06 bits per heavy atom. The molecule has 2 aliphatic rings. The minimum atomic E-state index is -0.603. The average Bonchev–Trinajstić information content (AvgIpc) is 2.78. The van der Waals surface area contributed by atoms with E-state index in [-0.39, 0.29) is 5.60 Å². The number of nitrogens with zero attached hydrogens (tertiary/aromatic N) is 3. The summed E-state index contributed by atoms with van der Waals surface area (Å²) in [7, 11) is 0. The van der Waals surface area contributed by atoms with Crippen LogP contribution in [0, 0.1) is 0 Å². The van der Waals surface area contributed by atoms with E-state index in [4.69, 9.17) is 20.2 Å². The maximum Gasteiger partial charge on any atom is 0.227 e. The molecule has 166 valence electrons. The van der Waals surface area contributed by atoms with E-state index in [0.717, 1.165) is 34.7 Å². The summed E-state index contributed by atoms with van der Waals surface area (Å²) in [5.74, 6) is 1.16. The van der Waals surface area contributed by atoms with Gasteiger partial charge in [-0.3, -0.25) is 0 Å². The van der Waals surface area contributed by atoms with Crippen LogP contribution in [0.4, 0.5) is 17.3 Å². The van der Waals surface area contributed by atoms with Crippen molar-refractivity contribution in [2.75, 3.05) is 30.3 Å². The van der Waals surface area contributed by atoms with E-state index in [1.807, 2.05) is 42.6 Å². The highest BCUT2D eigenvalue weighted by molar-refractivity contribution is 5.74. The van der Waals surface area contributed by atoms with Crippen molar-refractivity contribution in [3.8, 4) is 17.0 Å². The predicted octanol–water partition coefficient (Wildman–Crippen LogP) is 3.83. The van der Waals surface area contributed by atoms with Crippen molar-refractivity contribution in [3.05, 3.63) is 54.5 Å². The van der Waals surface area contributed by atoms with Gasteiger partial charge in [-0.2, -0.15) is 0 Å². The van der Waals surface area contributed by atoms with Crippen LogP contribution in [0.25, 0.3) is 11.1 Å². The number of hydrogen-bond acceptors (Lipinski definition) is 8. The standard InChI is InChI=1S/C24H28N6O2/c1-23(2)15-24(9-13-31-23)20-19(18-4-3-11-27-21(18)32-24)14-28-22(30-20)29-17-7-5-16(6-8-17)26-12-10-25/h3-8,11,14,26H,9-10,12-13,15,25H2,1-2H3,(H,28,29,30). The summed E-state index contributed by atoms with van der Waals surface area (Å²) in [6.07, 6.45) is 5.01. The molecule has 1 unspecified atom stereocenters. The Morgan fingerprint density at radius 3 is 2.66 bits per heavy atom. The van der Waals surface area contributed by atoms with Gasteiger partial charge in [0.15, 0.2) is 5.60 Å². The molecule has 1 atom stereocenters. The van der Waals surface area contributed by atoms with Crippen molar-refractivity contribution < 1.29 is 9.47 Å². The molecule has 0 saturated carbocycles. The maximum absolute atomic E-state index is 6.55. The van der Waals surface area contributed by atoms with Crippen molar-refractivity contribution in [3.63, 3.8) is 0 Å². The van der Waals surface area contributed by atoms with Crippen LogP contribution in [-0.2, 0) is 10.3 Å². The lowest BCUT2D eigenvalue weighted by molar-refractivity contribution is -0.140. The minimum absolute atomic E-state index is 0.327. The van der Waals surface area contributed by atoms with Gasteiger partial charge in [0.1, 0.15) is 0 Å². The molecule has 0 radical (unpaired) electrons. The monoisotopic (exact) mass is 432 g/mol. The Balaban J connectivity index is 1.50. The highest BCUT2D eigenvalue weighted by Crippen LogP contribution is 2.50. The fourth-order valence-electron chi connectivity index (χ4n) is 4.52. The molecular weight excluding hydrogens is 404 g/mol. The fraction of sp³-hybridized carbons (Fsp3) is 0.375. The van der Waals surface area contributed by atoms with Crippen molar-refractivity contribution in [2.24, 2.45) is 5.73 Å². The van der Waals surface area contributed by atoms with Crippen LogP contribution in [0.2, 0.25) is 0 Å². The number of hydrogen-bond donors (Lipinski definition) is 3. The number of anilines is 3. The third-order valence-electron chi connectivity index (χ3n) is 5.90. The predicted molar refractivity (Wildman–Crippen MR) is 124 cm³/mol. The molecule has 4 heterocycles. The zero-order chi connectivity index (χ0) is 22.2. The number of ether oxygens (including phenoxy) is 2. The maximum atomic E-state index is 6.55. The van der Waals surface area contributed by atoms with Crippen LogP contribution in [0.1, 0.15) is 32.4 Å². The zero-order valence-corrected chi connectivity index (χ0v) is 18.4. The summed E-state index contributed by atoms with van der Waals surface area (Å²) >= 11 is 0. The molecular formula is C24H28N6O2. The topological polar surface area (TPSA) is 107 Å². The van der Waals surface area contributed by atoms with Gasteiger partial charge in [0, 0.05) is 60.8 Å². The van der Waals surface area contributed by atoms with E-state index in [1.165, 1.54) is 0 Å². The van der Waals surface area contributed by atoms with Gasteiger partial charge in [0.25, 0.3) is 0 Å². The average molecular weight is 433 g/mol. The molecule has 2 aliphatic heterocycles. The summed E-state index contributed by atoms with van der Waals surface area (Å²) in [5, 5.41) is 6.59. The van der Waals surface area contributed by atoms with E-state index in [1.54, 1.807) is 6.20 Å². The molecule has 32 heavy (non-hydrogen) atoms. The van der Waals surface area contributed by atoms with Crippen LogP contribution < -0.4 is 21.1 Å². The van der Waals surface area contributed by atoms with E-state index in [2.05, 4.69) is 34.4 Å². The van der Waals surface area contributed by atoms with Gasteiger partial charge >= 0.3 is 0 Å². The van der Waals surface area contributed by atoms with Gasteiger partial charge in [-0.05, 0) is 50.2 Å². The Labute approximate surface area is 187 Å². The normalized spacial score (nSPS) is 20.7. The molecule has 3 aromatic rings. The number of pyridine rings is 1. The first-order valence-electron chi connectivity index (χ1n) is 10.9. The van der Waals surface area contributed by atoms with Crippen LogP contribution in [0.3, 0.4) is 0 Å². The third-order valence-corrected chi connectivity index (χ3v) is 5.90. The van der Waals surface area contributed by atoms with Crippen LogP contribution >= 0.6 is 0 Å². The summed E-state index contributed by atoms with van der Waals surface area (Å²) in [6.45, 7) is 6.10. The van der Waals surface area contributed by atoms with Crippen LogP contribution in [0.5, 0.6) is 5.88 Å². The summed E-state index contributed by atoms with van der Waals surface area (Å²) in [5.41, 5.74) is 9.31.